The highest BCUT2D eigenvalue weighted by atomic mass is 16.6. The summed E-state index contributed by atoms with van der Waals surface area (Å²) in [7, 11) is 0. The first-order valence-corrected chi connectivity index (χ1v) is 16.2. The van der Waals surface area contributed by atoms with Gasteiger partial charge in [-0.1, -0.05) is 59.3 Å². The Hall–Kier alpha value is -1.25. The molecule has 5 N–H and O–H groups in total. The molecule has 0 unspecified atom stereocenters. The highest BCUT2D eigenvalue weighted by molar-refractivity contribution is 5.87. The predicted molar refractivity (Wildman–Crippen MR) is 161 cm³/mol. The van der Waals surface area contributed by atoms with Crippen molar-refractivity contribution < 1.29 is 35.1 Å². The number of carbonyl (C=O) groups is 1. The number of allylic oxidation sites excluding steroid dienone is 3. The van der Waals surface area contributed by atoms with Crippen molar-refractivity contribution in [2.24, 2.45) is 50.2 Å². The van der Waals surface area contributed by atoms with Crippen LogP contribution in [0.5, 0.6) is 0 Å². The Morgan fingerprint density at radius 2 is 1.62 bits per heavy atom. The molecule has 12 atom stereocenters. The van der Waals surface area contributed by atoms with Crippen molar-refractivity contribution in [1.82, 2.24) is 0 Å². The van der Waals surface area contributed by atoms with Crippen molar-refractivity contribution in [3.05, 3.63) is 23.3 Å². The molecule has 5 aliphatic rings. The second-order valence-corrected chi connectivity index (χ2v) is 16.5. The molecule has 4 fully saturated rings. The van der Waals surface area contributed by atoms with Crippen LogP contribution in [-0.2, 0) is 9.53 Å². The minimum absolute atomic E-state index is 0.0255. The molecule has 4 saturated carbocycles. The normalized spacial score (nSPS) is 51.8. The third-order valence-corrected chi connectivity index (χ3v) is 14.5. The first-order valence-electron chi connectivity index (χ1n) is 16.2. The van der Waals surface area contributed by atoms with Gasteiger partial charge < -0.3 is 30.3 Å². The van der Waals surface area contributed by atoms with Gasteiger partial charge in [0.15, 0.2) is 0 Å². The Morgan fingerprint density at radius 3 is 2.21 bits per heavy atom. The van der Waals surface area contributed by atoms with Crippen molar-refractivity contribution in [3.8, 4) is 0 Å². The van der Waals surface area contributed by atoms with Crippen molar-refractivity contribution in [2.75, 3.05) is 13.2 Å². The quantitative estimate of drug-likeness (QED) is 0.185. The number of aliphatic hydroxyl groups is 5. The van der Waals surface area contributed by atoms with E-state index in [-0.39, 0.29) is 34.7 Å². The van der Waals surface area contributed by atoms with E-state index in [1.165, 1.54) is 5.57 Å². The van der Waals surface area contributed by atoms with Gasteiger partial charge in [-0.2, -0.15) is 0 Å². The predicted octanol–water partition coefficient (Wildman–Crippen LogP) is 4.54. The van der Waals surface area contributed by atoms with Gasteiger partial charge in [-0.25, -0.2) is 4.79 Å². The highest BCUT2D eigenvalue weighted by Gasteiger charge is 2.72. The second kappa shape index (κ2) is 10.1. The molecule has 0 aliphatic heterocycles. The Balaban J connectivity index is 1.58. The molecule has 0 saturated heterocycles. The molecule has 0 aromatic carbocycles. The molecular weight excluding hydrogens is 532 g/mol. The standard InChI is InChI=1S/C35H56O7/c1-9-20(2)29(41)42-28-27(40)35(19-37)22(16-30(28,3)4)21-10-11-24-31(5)14-13-25(38)32(6,18-36)23(31)12-15-33(24,7)34(21,8)17-26(35)39/h9-10,22-28,36-40H,11-19H2,1-8H3/b20-9+/t22-,23-,24+,25-,26+,27-,28-,31-,32+,33+,34+,35-/m0/s1. The van der Waals surface area contributed by atoms with Gasteiger partial charge in [-0.15, -0.1) is 0 Å². The van der Waals surface area contributed by atoms with Crippen molar-refractivity contribution in [2.45, 2.75) is 125 Å². The fraction of sp³-hybridized carbons (Fsp3) is 0.857. The Bertz CT molecular complexity index is 1160. The molecule has 0 bridgehead atoms. The SMILES string of the molecule is C/C=C(\C)C(=O)O[C@H]1[C@H](O)[C@]2(CO)[C@H](O)C[C@]3(C)C(=CC[C@@H]4[C@@]5(C)CC[C@H](O)[C@](C)(CO)[C@H]5CC[C@]43C)[C@@H]2CC1(C)C. The van der Waals surface area contributed by atoms with Crippen LogP contribution in [0.3, 0.4) is 0 Å². The van der Waals surface area contributed by atoms with Gasteiger partial charge in [0.2, 0.25) is 0 Å². The van der Waals surface area contributed by atoms with Gasteiger partial charge in [-0.05, 0) is 92.8 Å². The number of hydrogen-bond donors (Lipinski definition) is 5. The van der Waals surface area contributed by atoms with E-state index in [1.807, 2.05) is 13.8 Å². The van der Waals surface area contributed by atoms with E-state index in [9.17, 15) is 30.3 Å². The van der Waals surface area contributed by atoms with Gasteiger partial charge in [-0.3, -0.25) is 0 Å². The molecule has 0 aromatic heterocycles. The Kier molecular flexibility index (Phi) is 7.76. The molecule has 5 rings (SSSR count). The lowest BCUT2D eigenvalue weighted by Crippen LogP contribution is -2.72. The van der Waals surface area contributed by atoms with E-state index in [2.05, 4.69) is 33.8 Å². The molecule has 42 heavy (non-hydrogen) atoms. The van der Waals surface area contributed by atoms with Crippen LogP contribution >= 0.6 is 0 Å². The van der Waals surface area contributed by atoms with Crippen LogP contribution in [0.15, 0.2) is 23.3 Å². The summed E-state index contributed by atoms with van der Waals surface area (Å²) in [5, 5.41) is 56.6. The van der Waals surface area contributed by atoms with Gasteiger partial charge in [0.05, 0.1) is 30.8 Å². The highest BCUT2D eigenvalue weighted by Crippen LogP contribution is 2.75. The largest absolute Gasteiger partial charge is 0.456 e. The summed E-state index contributed by atoms with van der Waals surface area (Å²) in [5.74, 6) is -0.241. The summed E-state index contributed by atoms with van der Waals surface area (Å²) in [5.41, 5.74) is -1.25. The zero-order chi connectivity index (χ0) is 31.3. The zero-order valence-corrected chi connectivity index (χ0v) is 27.1. The Labute approximate surface area is 252 Å². The lowest BCUT2D eigenvalue weighted by Gasteiger charge is -2.72. The van der Waals surface area contributed by atoms with Crippen LogP contribution in [-0.4, -0.2) is 69.1 Å². The summed E-state index contributed by atoms with van der Waals surface area (Å²) in [6.45, 7) is 16.2. The number of carbonyl (C=O) groups excluding carboxylic acids is 1. The summed E-state index contributed by atoms with van der Waals surface area (Å²) in [6.07, 6.45) is 5.72. The van der Waals surface area contributed by atoms with E-state index < -0.39 is 53.2 Å². The smallest absolute Gasteiger partial charge is 0.333 e. The van der Waals surface area contributed by atoms with E-state index in [4.69, 9.17) is 4.74 Å². The number of ether oxygens (including phenoxy) is 1. The first kappa shape index (κ1) is 32.2. The van der Waals surface area contributed by atoms with E-state index in [0.29, 0.717) is 30.8 Å². The molecule has 0 heterocycles. The first-order chi connectivity index (χ1) is 19.4. The molecule has 238 valence electrons. The van der Waals surface area contributed by atoms with E-state index in [0.717, 1.165) is 25.7 Å². The van der Waals surface area contributed by atoms with Crippen LogP contribution in [0, 0.1) is 50.2 Å². The van der Waals surface area contributed by atoms with Crippen LogP contribution < -0.4 is 0 Å². The third-order valence-electron chi connectivity index (χ3n) is 14.5. The van der Waals surface area contributed by atoms with Crippen LogP contribution in [0.4, 0.5) is 0 Å². The number of rotatable bonds is 4. The number of fused-ring (bicyclic) bond motifs is 7. The van der Waals surface area contributed by atoms with Crippen molar-refractivity contribution >= 4 is 5.97 Å². The Morgan fingerprint density at radius 1 is 0.952 bits per heavy atom. The average Bonchev–Trinajstić information content (AvgIpc) is 2.93. The van der Waals surface area contributed by atoms with Crippen LogP contribution in [0.2, 0.25) is 0 Å². The molecule has 5 aliphatic carbocycles. The topological polar surface area (TPSA) is 127 Å². The minimum atomic E-state index is -1.23. The van der Waals surface area contributed by atoms with Crippen molar-refractivity contribution in [1.29, 1.82) is 0 Å². The zero-order valence-electron chi connectivity index (χ0n) is 27.1. The lowest BCUT2D eigenvalue weighted by atomic mass is 9.33. The number of aliphatic hydroxyl groups excluding tert-OH is 5. The van der Waals surface area contributed by atoms with E-state index >= 15 is 0 Å². The summed E-state index contributed by atoms with van der Waals surface area (Å²) < 4.78 is 5.93. The van der Waals surface area contributed by atoms with Gasteiger partial charge in [0.25, 0.3) is 0 Å². The summed E-state index contributed by atoms with van der Waals surface area (Å²) in [4.78, 5) is 12.9. The molecule has 0 radical (unpaired) electrons. The fourth-order valence-corrected chi connectivity index (χ4v) is 11.5. The maximum Gasteiger partial charge on any atom is 0.333 e. The summed E-state index contributed by atoms with van der Waals surface area (Å²) in [6, 6.07) is 0. The lowest BCUT2D eigenvalue weighted by molar-refractivity contribution is -0.262. The second-order valence-electron chi connectivity index (χ2n) is 16.5. The average molecular weight is 589 g/mol. The molecule has 7 heteroatoms. The summed E-state index contributed by atoms with van der Waals surface area (Å²) >= 11 is 0. The molecule has 0 aromatic rings. The van der Waals surface area contributed by atoms with Crippen LogP contribution in [0.1, 0.15) is 100 Å². The van der Waals surface area contributed by atoms with Crippen LogP contribution in [0.25, 0.3) is 0 Å². The maximum absolute atomic E-state index is 12.9. The maximum atomic E-state index is 12.9. The number of esters is 1. The molecular formula is C35H56O7. The van der Waals surface area contributed by atoms with Gasteiger partial charge in [0.1, 0.15) is 12.2 Å². The third kappa shape index (κ3) is 3.92. The minimum Gasteiger partial charge on any atom is -0.456 e. The van der Waals surface area contributed by atoms with Gasteiger partial charge >= 0.3 is 5.97 Å². The fourth-order valence-electron chi connectivity index (χ4n) is 11.5. The van der Waals surface area contributed by atoms with Crippen molar-refractivity contribution in [3.63, 3.8) is 0 Å². The molecule has 0 spiro atoms. The molecule has 0 amide bonds. The number of hydrogen-bond acceptors (Lipinski definition) is 7. The molecule has 7 nitrogen and oxygen atoms in total. The monoisotopic (exact) mass is 588 g/mol. The van der Waals surface area contributed by atoms with Gasteiger partial charge in [0, 0.05) is 16.4 Å². The van der Waals surface area contributed by atoms with E-state index in [1.54, 1.807) is 19.9 Å².